The average molecular weight is 367 g/mol. The largest absolute Gasteiger partial charge is 0.497 e. The number of carbonyl (C=O) groups is 1. The van der Waals surface area contributed by atoms with Gasteiger partial charge in [-0.1, -0.05) is 0 Å². The number of benzene rings is 1. The number of aromatic nitrogens is 3. The van der Waals surface area contributed by atoms with E-state index in [4.69, 9.17) is 4.74 Å². The van der Waals surface area contributed by atoms with Gasteiger partial charge in [-0.25, -0.2) is 9.97 Å². The molecule has 0 aliphatic carbocycles. The summed E-state index contributed by atoms with van der Waals surface area (Å²) in [5.74, 6) is 0.530. The summed E-state index contributed by atoms with van der Waals surface area (Å²) < 4.78 is 5.30. The minimum Gasteiger partial charge on any atom is -0.497 e. The quantitative estimate of drug-likeness (QED) is 0.711. The van der Waals surface area contributed by atoms with Gasteiger partial charge in [-0.2, -0.15) is 0 Å². The highest BCUT2D eigenvalue weighted by Crippen LogP contribution is 2.32. The minimum atomic E-state index is -0.858. The van der Waals surface area contributed by atoms with Crippen molar-refractivity contribution >= 4 is 22.8 Å². The van der Waals surface area contributed by atoms with E-state index < -0.39 is 12.0 Å². The van der Waals surface area contributed by atoms with Crippen molar-refractivity contribution in [1.29, 1.82) is 0 Å². The van der Waals surface area contributed by atoms with E-state index in [1.54, 1.807) is 31.8 Å². The lowest BCUT2D eigenvalue weighted by Crippen LogP contribution is -2.49. The number of hydrogen-bond acceptors (Lipinski definition) is 6. The van der Waals surface area contributed by atoms with Crippen LogP contribution in [0.25, 0.3) is 10.9 Å². The molecule has 2 N–H and O–H groups in total. The van der Waals surface area contributed by atoms with Crippen molar-refractivity contribution in [1.82, 2.24) is 19.9 Å². The van der Waals surface area contributed by atoms with E-state index in [1.807, 2.05) is 23.1 Å². The molecule has 3 heterocycles. The zero-order valence-electron chi connectivity index (χ0n) is 15.0. The van der Waals surface area contributed by atoms with E-state index in [2.05, 4.69) is 19.9 Å². The van der Waals surface area contributed by atoms with E-state index in [1.165, 1.54) is 0 Å². The molecule has 1 aromatic carbocycles. The standard InChI is InChI=1S/C19H21N5O3/c1-27-13-3-4-16-14(11-13)15(12-22-16)17(18(25)26)23-7-9-24(10-8-23)19-20-5-2-6-21-19/h2-6,11-12,17,22H,7-10H2,1H3,(H,25,26)/t17-/m1/s1. The Bertz CT molecular complexity index is 935. The normalized spacial score (nSPS) is 16.4. The third-order valence-corrected chi connectivity index (χ3v) is 4.96. The number of ether oxygens (including phenoxy) is 1. The summed E-state index contributed by atoms with van der Waals surface area (Å²) in [6.45, 7) is 2.59. The van der Waals surface area contributed by atoms with Gasteiger partial charge in [0.1, 0.15) is 11.8 Å². The maximum atomic E-state index is 12.1. The lowest BCUT2D eigenvalue weighted by molar-refractivity contribution is -0.143. The Morgan fingerprint density at radius 1 is 1.22 bits per heavy atom. The smallest absolute Gasteiger partial charge is 0.325 e. The molecule has 0 bridgehead atoms. The van der Waals surface area contributed by atoms with Gasteiger partial charge in [-0.05, 0) is 24.3 Å². The van der Waals surface area contributed by atoms with E-state index in [-0.39, 0.29) is 0 Å². The van der Waals surface area contributed by atoms with Crippen molar-refractivity contribution in [3.8, 4) is 5.75 Å². The van der Waals surface area contributed by atoms with Gasteiger partial charge in [-0.15, -0.1) is 0 Å². The van der Waals surface area contributed by atoms with E-state index in [0.717, 1.165) is 16.5 Å². The van der Waals surface area contributed by atoms with Gasteiger partial charge in [0.2, 0.25) is 5.95 Å². The van der Waals surface area contributed by atoms with Crippen molar-refractivity contribution in [3.05, 3.63) is 48.4 Å². The fourth-order valence-corrected chi connectivity index (χ4v) is 3.60. The number of fused-ring (bicyclic) bond motifs is 1. The van der Waals surface area contributed by atoms with Crippen molar-refractivity contribution in [3.63, 3.8) is 0 Å². The zero-order chi connectivity index (χ0) is 18.8. The lowest BCUT2D eigenvalue weighted by atomic mass is 10.0. The van der Waals surface area contributed by atoms with Crippen LogP contribution in [0.5, 0.6) is 5.75 Å². The molecule has 8 nitrogen and oxygen atoms in total. The first kappa shape index (κ1) is 17.3. The molecular weight excluding hydrogens is 346 g/mol. The maximum absolute atomic E-state index is 12.1. The molecule has 0 unspecified atom stereocenters. The summed E-state index contributed by atoms with van der Waals surface area (Å²) in [6, 6.07) is 6.71. The van der Waals surface area contributed by atoms with Crippen molar-refractivity contribution in [2.75, 3.05) is 38.2 Å². The maximum Gasteiger partial charge on any atom is 0.325 e. The molecule has 1 fully saturated rings. The molecule has 0 amide bonds. The second-order valence-electron chi connectivity index (χ2n) is 6.47. The number of carboxylic acid groups (broad SMARTS) is 1. The summed E-state index contributed by atoms with van der Waals surface area (Å²) in [5.41, 5.74) is 1.65. The van der Waals surface area contributed by atoms with Crippen molar-refractivity contribution < 1.29 is 14.6 Å². The van der Waals surface area contributed by atoms with Gasteiger partial charge < -0.3 is 19.7 Å². The predicted octanol–water partition coefficient (Wildman–Crippen LogP) is 1.91. The summed E-state index contributed by atoms with van der Waals surface area (Å²) in [7, 11) is 1.60. The highest BCUT2D eigenvalue weighted by molar-refractivity contribution is 5.90. The third kappa shape index (κ3) is 3.31. The first-order valence-corrected chi connectivity index (χ1v) is 8.81. The average Bonchev–Trinajstić information content (AvgIpc) is 3.12. The summed E-state index contributed by atoms with van der Waals surface area (Å²) in [4.78, 5) is 27.9. The van der Waals surface area contributed by atoms with Crippen molar-refractivity contribution in [2.45, 2.75) is 6.04 Å². The lowest BCUT2D eigenvalue weighted by Gasteiger charge is -2.37. The highest BCUT2D eigenvalue weighted by Gasteiger charge is 2.32. The zero-order valence-corrected chi connectivity index (χ0v) is 15.0. The Balaban J connectivity index is 1.58. The van der Waals surface area contributed by atoms with E-state index in [9.17, 15) is 9.90 Å². The number of anilines is 1. The molecule has 27 heavy (non-hydrogen) atoms. The Labute approximate surface area is 156 Å². The number of aromatic amines is 1. The van der Waals surface area contributed by atoms with Gasteiger partial charge >= 0.3 is 5.97 Å². The molecular formula is C19H21N5O3. The molecule has 1 aliphatic heterocycles. The van der Waals surface area contributed by atoms with Crippen LogP contribution in [0, 0.1) is 0 Å². The number of carboxylic acids is 1. The topological polar surface area (TPSA) is 94.6 Å². The van der Waals surface area contributed by atoms with Crippen LogP contribution in [0.3, 0.4) is 0 Å². The second kappa shape index (κ2) is 7.24. The van der Waals surface area contributed by atoms with Crippen LogP contribution in [0.15, 0.2) is 42.9 Å². The Morgan fingerprint density at radius 3 is 2.63 bits per heavy atom. The fraction of sp³-hybridized carbons (Fsp3) is 0.316. The molecule has 1 aliphatic rings. The summed E-state index contributed by atoms with van der Waals surface area (Å²) >= 11 is 0. The van der Waals surface area contributed by atoms with Crippen LogP contribution in [0.4, 0.5) is 5.95 Å². The number of aliphatic carboxylic acids is 1. The number of methoxy groups -OCH3 is 1. The van der Waals surface area contributed by atoms with Gasteiger partial charge in [0, 0.05) is 61.2 Å². The number of nitrogens with one attached hydrogen (secondary N) is 1. The predicted molar refractivity (Wildman–Crippen MR) is 101 cm³/mol. The number of hydrogen-bond donors (Lipinski definition) is 2. The first-order chi connectivity index (χ1) is 13.2. The molecule has 4 rings (SSSR count). The van der Waals surface area contributed by atoms with Crippen LogP contribution in [-0.2, 0) is 4.79 Å². The molecule has 8 heteroatoms. The third-order valence-electron chi connectivity index (χ3n) is 4.96. The molecule has 140 valence electrons. The van der Waals surface area contributed by atoms with Gasteiger partial charge in [0.05, 0.1) is 7.11 Å². The van der Waals surface area contributed by atoms with Crippen LogP contribution in [-0.4, -0.2) is 64.2 Å². The first-order valence-electron chi connectivity index (χ1n) is 8.81. The van der Waals surface area contributed by atoms with E-state index in [0.29, 0.717) is 37.9 Å². The van der Waals surface area contributed by atoms with E-state index >= 15 is 0 Å². The number of H-pyrrole nitrogens is 1. The molecule has 0 radical (unpaired) electrons. The van der Waals surface area contributed by atoms with Gasteiger partial charge in [0.25, 0.3) is 0 Å². The monoisotopic (exact) mass is 367 g/mol. The molecule has 2 aromatic heterocycles. The van der Waals surface area contributed by atoms with Gasteiger partial charge in [-0.3, -0.25) is 9.69 Å². The number of rotatable bonds is 5. The number of piperazine rings is 1. The minimum absolute atomic E-state index is 0.617. The molecule has 0 saturated carbocycles. The molecule has 1 saturated heterocycles. The molecule has 3 aromatic rings. The number of nitrogens with zero attached hydrogens (tertiary/aromatic N) is 4. The SMILES string of the molecule is COc1ccc2[nH]cc([C@H](C(=O)O)N3CCN(c4ncccn4)CC3)c2c1. The highest BCUT2D eigenvalue weighted by atomic mass is 16.5. The summed E-state index contributed by atoms with van der Waals surface area (Å²) in [6.07, 6.45) is 5.22. The second-order valence-corrected chi connectivity index (χ2v) is 6.47. The van der Waals surface area contributed by atoms with Crippen LogP contribution >= 0.6 is 0 Å². The van der Waals surface area contributed by atoms with Gasteiger partial charge in [0.15, 0.2) is 0 Å². The Hall–Kier alpha value is -3.13. The van der Waals surface area contributed by atoms with Crippen LogP contribution < -0.4 is 9.64 Å². The Kier molecular flexibility index (Phi) is 4.64. The summed E-state index contributed by atoms with van der Waals surface area (Å²) in [5, 5.41) is 10.8. The molecule has 1 atom stereocenters. The van der Waals surface area contributed by atoms with Crippen LogP contribution in [0.1, 0.15) is 11.6 Å². The molecule has 0 spiro atoms. The Morgan fingerprint density at radius 2 is 1.96 bits per heavy atom. The van der Waals surface area contributed by atoms with Crippen molar-refractivity contribution in [2.24, 2.45) is 0 Å². The van der Waals surface area contributed by atoms with Crippen LogP contribution in [0.2, 0.25) is 0 Å². The fourth-order valence-electron chi connectivity index (χ4n) is 3.60.